The molecular weight excluding hydrogens is 692 g/mol. The first-order valence-corrected chi connectivity index (χ1v) is 16.8. The third-order valence-corrected chi connectivity index (χ3v) is 9.29. The first-order chi connectivity index (χ1) is 22.2. The molecule has 4 aromatic rings. The molecular formula is C33H34BrClN6O4S. The van der Waals surface area contributed by atoms with Gasteiger partial charge in [0, 0.05) is 35.2 Å². The van der Waals surface area contributed by atoms with Crippen molar-refractivity contribution in [3.8, 4) is 11.5 Å². The van der Waals surface area contributed by atoms with E-state index in [1.807, 2.05) is 81.4 Å². The normalized spacial score (nSPS) is 13.9. The van der Waals surface area contributed by atoms with Crippen LogP contribution in [0.25, 0.3) is 0 Å². The van der Waals surface area contributed by atoms with Crippen LogP contribution in [-0.4, -0.2) is 58.3 Å². The Morgan fingerprint density at radius 1 is 1.11 bits per heavy atom. The summed E-state index contributed by atoms with van der Waals surface area (Å²) in [6.45, 7) is 6.71. The number of nitrogens with one attached hydrogen (secondary N) is 2. The Hall–Kier alpha value is -4.00. The lowest BCUT2D eigenvalue weighted by atomic mass is 9.94. The van der Waals surface area contributed by atoms with Gasteiger partial charge in [0.25, 0.3) is 11.8 Å². The lowest BCUT2D eigenvalue weighted by Crippen LogP contribution is -2.34. The van der Waals surface area contributed by atoms with Gasteiger partial charge in [-0.1, -0.05) is 59.8 Å². The molecule has 10 nitrogen and oxygen atoms in total. The van der Waals surface area contributed by atoms with Crippen LogP contribution >= 0.6 is 39.3 Å². The molecule has 5 rings (SSSR count). The van der Waals surface area contributed by atoms with E-state index in [1.54, 1.807) is 15.6 Å². The highest BCUT2D eigenvalue weighted by atomic mass is 79.9. The summed E-state index contributed by atoms with van der Waals surface area (Å²) in [6, 6.07) is 19.9. The molecule has 0 radical (unpaired) electrons. The molecule has 46 heavy (non-hydrogen) atoms. The Morgan fingerprint density at radius 2 is 1.83 bits per heavy atom. The van der Waals surface area contributed by atoms with Gasteiger partial charge < -0.3 is 25.0 Å². The van der Waals surface area contributed by atoms with E-state index in [-0.39, 0.29) is 18.4 Å². The number of hydrogen-bond donors (Lipinski definition) is 2. The predicted octanol–water partition coefficient (Wildman–Crippen LogP) is 7.17. The summed E-state index contributed by atoms with van der Waals surface area (Å²) in [5.41, 5.74) is 3.39. The molecule has 1 aliphatic rings. The van der Waals surface area contributed by atoms with Crippen LogP contribution in [0.3, 0.4) is 0 Å². The molecule has 1 aromatic heterocycles. The molecule has 1 unspecified atom stereocenters. The molecule has 3 aromatic carbocycles. The van der Waals surface area contributed by atoms with Gasteiger partial charge in [0.1, 0.15) is 6.04 Å². The van der Waals surface area contributed by atoms with Crippen molar-refractivity contribution >= 4 is 62.7 Å². The van der Waals surface area contributed by atoms with E-state index in [9.17, 15) is 9.59 Å². The maximum atomic E-state index is 13.9. The Bertz CT molecular complexity index is 1760. The van der Waals surface area contributed by atoms with E-state index in [2.05, 4.69) is 26.6 Å². The summed E-state index contributed by atoms with van der Waals surface area (Å²) in [7, 11) is 1.53. The van der Waals surface area contributed by atoms with Crippen LogP contribution in [0, 0.1) is 0 Å². The number of methoxy groups -OCH3 is 1. The molecule has 2 N–H and O–H groups in total. The number of benzene rings is 3. The zero-order valence-electron chi connectivity index (χ0n) is 25.8. The number of fused-ring (bicyclic) bond motifs is 1. The largest absolute Gasteiger partial charge is 0.493 e. The number of ether oxygens (including phenoxy) is 2. The summed E-state index contributed by atoms with van der Waals surface area (Å²) < 4.78 is 14.0. The molecule has 0 spiro atoms. The lowest BCUT2D eigenvalue weighted by molar-refractivity contribution is -0.133. The fourth-order valence-corrected chi connectivity index (χ4v) is 6.80. The van der Waals surface area contributed by atoms with Crippen molar-refractivity contribution in [1.29, 1.82) is 0 Å². The number of aromatic nitrogens is 3. The Kier molecular flexibility index (Phi) is 10.9. The second kappa shape index (κ2) is 15.1. The number of carbonyl (C=O) groups is 2. The highest BCUT2D eigenvalue weighted by molar-refractivity contribution is 9.10. The van der Waals surface area contributed by atoms with Crippen LogP contribution in [0.15, 0.2) is 87.6 Å². The van der Waals surface area contributed by atoms with Crippen molar-refractivity contribution in [2.24, 2.45) is 0 Å². The number of anilines is 2. The smallest absolute Gasteiger partial charge is 0.260 e. The quantitative estimate of drug-likeness (QED) is 0.148. The van der Waals surface area contributed by atoms with Crippen LogP contribution < -0.4 is 20.1 Å². The number of rotatable bonds is 12. The van der Waals surface area contributed by atoms with E-state index in [0.717, 1.165) is 5.56 Å². The molecule has 240 valence electrons. The second-order valence-electron chi connectivity index (χ2n) is 10.3. The highest BCUT2D eigenvalue weighted by Gasteiger charge is 2.35. The number of halogens is 2. The molecule has 0 aliphatic carbocycles. The van der Waals surface area contributed by atoms with Gasteiger partial charge in [0.2, 0.25) is 11.1 Å². The number of hydrogen-bond acceptors (Lipinski definition) is 8. The Labute approximate surface area is 285 Å². The van der Waals surface area contributed by atoms with Gasteiger partial charge >= 0.3 is 0 Å². The molecule has 2 heterocycles. The molecule has 0 saturated heterocycles. The van der Waals surface area contributed by atoms with Crippen molar-refractivity contribution in [2.75, 3.05) is 37.4 Å². The summed E-state index contributed by atoms with van der Waals surface area (Å²) in [4.78, 5) is 33.0. The monoisotopic (exact) mass is 724 g/mol. The number of likely N-dealkylation sites (N-methyl/N-ethyl adjacent to an activating group) is 1. The topological polar surface area (TPSA) is 111 Å². The SMILES string of the molecule is CCN(CC)C(=O)COc1c(Br)cc(C2C(C(=O)Nc3ccccc3)=C(C)Nc3nc(SCc4ccccc4Cl)nn32)cc1OC. The molecule has 13 heteroatoms. The van der Waals surface area contributed by atoms with Crippen molar-refractivity contribution in [3.63, 3.8) is 0 Å². The van der Waals surface area contributed by atoms with Gasteiger partial charge in [-0.05, 0) is 78.2 Å². The molecule has 1 atom stereocenters. The van der Waals surface area contributed by atoms with Gasteiger partial charge in [0.05, 0.1) is 17.2 Å². The van der Waals surface area contributed by atoms with E-state index in [0.29, 0.717) is 73.5 Å². The second-order valence-corrected chi connectivity index (χ2v) is 12.5. The average molecular weight is 726 g/mol. The summed E-state index contributed by atoms with van der Waals surface area (Å²) >= 11 is 11.5. The molecule has 0 bridgehead atoms. The van der Waals surface area contributed by atoms with Crippen molar-refractivity contribution < 1.29 is 19.1 Å². The number of thioether (sulfide) groups is 1. The van der Waals surface area contributed by atoms with Crippen molar-refractivity contribution in [3.05, 3.63) is 98.6 Å². The van der Waals surface area contributed by atoms with Gasteiger partial charge in [-0.15, -0.1) is 5.10 Å². The number of carbonyl (C=O) groups excluding carboxylic acids is 2. The number of para-hydroxylation sites is 1. The van der Waals surface area contributed by atoms with Crippen molar-refractivity contribution in [2.45, 2.75) is 37.7 Å². The van der Waals surface area contributed by atoms with E-state index in [4.69, 9.17) is 31.2 Å². The summed E-state index contributed by atoms with van der Waals surface area (Å²) in [6.07, 6.45) is 0. The molecule has 1 aliphatic heterocycles. The van der Waals surface area contributed by atoms with Gasteiger partial charge in [-0.25, -0.2) is 4.68 Å². The minimum Gasteiger partial charge on any atom is -0.493 e. The zero-order chi connectivity index (χ0) is 32.8. The summed E-state index contributed by atoms with van der Waals surface area (Å²) in [5, 5.41) is 12.3. The van der Waals surface area contributed by atoms with E-state index >= 15 is 0 Å². The number of allylic oxidation sites excluding steroid dienone is 1. The Morgan fingerprint density at radius 3 is 2.52 bits per heavy atom. The van der Waals surface area contributed by atoms with Crippen LogP contribution in [0.2, 0.25) is 5.02 Å². The highest BCUT2D eigenvalue weighted by Crippen LogP contribution is 2.43. The zero-order valence-corrected chi connectivity index (χ0v) is 29.0. The molecule has 0 fully saturated rings. The fraction of sp³-hybridized carbons (Fsp3) is 0.273. The first kappa shape index (κ1) is 33.4. The minimum atomic E-state index is -0.682. The van der Waals surface area contributed by atoms with Crippen LogP contribution in [-0.2, 0) is 15.3 Å². The first-order valence-electron chi connectivity index (χ1n) is 14.7. The maximum absolute atomic E-state index is 13.9. The third kappa shape index (κ3) is 7.35. The van der Waals surface area contributed by atoms with Crippen LogP contribution in [0.1, 0.15) is 37.9 Å². The van der Waals surface area contributed by atoms with Crippen molar-refractivity contribution in [1.82, 2.24) is 19.7 Å². The standard InChI is InChI=1S/C33H34BrClN6O4S/c1-5-40(6-2)27(42)18-45-30-24(34)16-22(17-26(30)44-4)29-28(31(43)37-23-13-8-7-9-14-23)20(3)36-32-38-33(39-41(29)32)46-19-21-12-10-11-15-25(21)35/h7-17,29H,5-6,18-19H2,1-4H3,(H,37,43)(H,36,38,39). The fourth-order valence-electron chi connectivity index (χ4n) is 5.11. The molecule has 0 saturated carbocycles. The maximum Gasteiger partial charge on any atom is 0.260 e. The van der Waals surface area contributed by atoms with Gasteiger partial charge in [0.15, 0.2) is 18.1 Å². The van der Waals surface area contributed by atoms with Crippen LogP contribution in [0.5, 0.6) is 11.5 Å². The lowest BCUT2D eigenvalue weighted by Gasteiger charge is -2.29. The number of amides is 2. The van der Waals surface area contributed by atoms with Gasteiger partial charge in [-0.3, -0.25) is 9.59 Å². The minimum absolute atomic E-state index is 0.131. The van der Waals surface area contributed by atoms with Gasteiger partial charge in [-0.2, -0.15) is 4.98 Å². The predicted molar refractivity (Wildman–Crippen MR) is 185 cm³/mol. The summed E-state index contributed by atoms with van der Waals surface area (Å²) in [5.74, 6) is 1.40. The number of nitrogens with zero attached hydrogens (tertiary/aromatic N) is 4. The van der Waals surface area contributed by atoms with E-state index < -0.39 is 6.04 Å². The molecule has 2 amide bonds. The van der Waals surface area contributed by atoms with E-state index in [1.165, 1.54) is 18.9 Å². The van der Waals surface area contributed by atoms with Crippen LogP contribution in [0.4, 0.5) is 11.6 Å². The average Bonchev–Trinajstić information content (AvgIpc) is 3.46. The Balaban J connectivity index is 1.52. The third-order valence-electron chi connectivity index (χ3n) is 7.45.